The Labute approximate surface area is 327 Å². The van der Waals surface area contributed by atoms with E-state index in [1.165, 1.54) is 25.7 Å². The van der Waals surface area contributed by atoms with Crippen LogP contribution in [0.25, 0.3) is 110 Å². The molecule has 0 saturated carbocycles. The number of pyridine rings is 1. The molecule has 5 heteroatoms. The lowest BCUT2D eigenvalue weighted by Gasteiger charge is -2.12. The van der Waals surface area contributed by atoms with Crippen LogP contribution in [0.2, 0.25) is 0 Å². The third kappa shape index (κ3) is 5.48. The van der Waals surface area contributed by atoms with Crippen LogP contribution in [0, 0.1) is 0 Å². The van der Waals surface area contributed by atoms with Gasteiger partial charge < -0.3 is 4.42 Å². The molecule has 11 aromatic rings. The highest BCUT2D eigenvalue weighted by atomic mass is 32.1. The van der Waals surface area contributed by atoms with Gasteiger partial charge in [0.05, 0.1) is 17.1 Å². The van der Waals surface area contributed by atoms with Crippen molar-refractivity contribution in [3.05, 3.63) is 188 Å². The maximum atomic E-state index is 6.75. The van der Waals surface area contributed by atoms with Crippen LogP contribution in [0.15, 0.2) is 193 Å². The zero-order chi connectivity index (χ0) is 37.0. The van der Waals surface area contributed by atoms with Crippen molar-refractivity contribution in [3.63, 3.8) is 0 Å². The smallest absolute Gasteiger partial charge is 0.160 e. The highest BCUT2D eigenvalue weighted by Gasteiger charge is 2.20. The Bertz CT molecular complexity index is 3240. The summed E-state index contributed by atoms with van der Waals surface area (Å²) in [4.78, 5) is 14.8. The second kappa shape index (κ2) is 13.3. The minimum atomic E-state index is 0.666. The number of furan rings is 1. The molecule has 0 N–H and O–H groups in total. The van der Waals surface area contributed by atoms with Gasteiger partial charge in [-0.05, 0) is 53.6 Å². The monoisotopic (exact) mass is 733 g/mol. The summed E-state index contributed by atoms with van der Waals surface area (Å²) in [5.41, 5.74) is 12.9. The van der Waals surface area contributed by atoms with Crippen molar-refractivity contribution < 1.29 is 4.42 Å². The van der Waals surface area contributed by atoms with E-state index in [1.807, 2.05) is 66.1 Å². The van der Waals surface area contributed by atoms with Crippen molar-refractivity contribution in [2.75, 3.05) is 0 Å². The van der Waals surface area contributed by atoms with Crippen LogP contribution in [-0.2, 0) is 0 Å². The van der Waals surface area contributed by atoms with E-state index in [0.29, 0.717) is 5.82 Å². The molecule has 11 rings (SSSR count). The zero-order valence-corrected chi connectivity index (χ0v) is 30.9. The summed E-state index contributed by atoms with van der Waals surface area (Å²) >= 11 is 1.84. The second-order valence-electron chi connectivity index (χ2n) is 13.9. The molecule has 0 aliphatic rings. The average molecular weight is 734 g/mol. The van der Waals surface area contributed by atoms with Crippen LogP contribution in [-0.4, -0.2) is 15.0 Å². The predicted octanol–water partition coefficient (Wildman–Crippen LogP) is 14.1. The Morgan fingerprint density at radius 3 is 1.91 bits per heavy atom. The van der Waals surface area contributed by atoms with E-state index in [0.717, 1.165) is 78.0 Å². The van der Waals surface area contributed by atoms with Gasteiger partial charge in [0.1, 0.15) is 11.2 Å². The normalized spacial score (nSPS) is 11.6. The van der Waals surface area contributed by atoms with Crippen molar-refractivity contribution in [3.8, 4) is 67.4 Å². The molecule has 4 nitrogen and oxygen atoms in total. The number of hydrogen-bond acceptors (Lipinski definition) is 5. The maximum Gasteiger partial charge on any atom is 0.160 e. The van der Waals surface area contributed by atoms with Gasteiger partial charge in [-0.2, -0.15) is 0 Å². The maximum absolute atomic E-state index is 6.75. The zero-order valence-electron chi connectivity index (χ0n) is 30.1. The van der Waals surface area contributed by atoms with Gasteiger partial charge in [0.2, 0.25) is 0 Å². The summed E-state index contributed by atoms with van der Waals surface area (Å²) in [7, 11) is 0. The van der Waals surface area contributed by atoms with Crippen LogP contribution in [0.5, 0.6) is 0 Å². The minimum Gasteiger partial charge on any atom is -0.455 e. The van der Waals surface area contributed by atoms with E-state index in [4.69, 9.17) is 14.4 Å². The summed E-state index contributed by atoms with van der Waals surface area (Å²) < 4.78 is 9.31. The fourth-order valence-corrected chi connectivity index (χ4v) is 9.12. The van der Waals surface area contributed by atoms with E-state index < -0.39 is 0 Å². The predicted molar refractivity (Wildman–Crippen MR) is 233 cm³/mol. The Morgan fingerprint density at radius 2 is 1.07 bits per heavy atom. The first-order valence-electron chi connectivity index (χ1n) is 18.7. The van der Waals surface area contributed by atoms with E-state index in [-0.39, 0.29) is 0 Å². The molecule has 0 unspecified atom stereocenters. The van der Waals surface area contributed by atoms with Gasteiger partial charge in [0, 0.05) is 70.5 Å². The van der Waals surface area contributed by atoms with Crippen molar-refractivity contribution in [1.82, 2.24) is 15.0 Å². The molecule has 0 aliphatic heterocycles. The van der Waals surface area contributed by atoms with Gasteiger partial charge in [0.25, 0.3) is 0 Å². The summed E-state index contributed by atoms with van der Waals surface area (Å²) in [5, 5.41) is 4.79. The molecule has 0 atom stereocenters. The molecule has 0 bridgehead atoms. The molecular weight excluding hydrogens is 703 g/mol. The number of aromatic nitrogens is 3. The number of thiophene rings is 1. The van der Waals surface area contributed by atoms with Crippen molar-refractivity contribution in [1.29, 1.82) is 0 Å². The lowest BCUT2D eigenvalue weighted by atomic mass is 9.93. The Hall–Kier alpha value is -7.21. The van der Waals surface area contributed by atoms with Gasteiger partial charge >= 0.3 is 0 Å². The van der Waals surface area contributed by atoms with Crippen LogP contribution >= 0.6 is 11.3 Å². The molecule has 0 radical (unpaired) electrons. The van der Waals surface area contributed by atoms with Gasteiger partial charge in [-0.25, -0.2) is 9.97 Å². The number of hydrogen-bond donors (Lipinski definition) is 0. The van der Waals surface area contributed by atoms with Crippen molar-refractivity contribution in [2.45, 2.75) is 0 Å². The second-order valence-corrected chi connectivity index (χ2v) is 15.0. The van der Waals surface area contributed by atoms with Crippen LogP contribution in [0.1, 0.15) is 0 Å². The highest BCUT2D eigenvalue weighted by Crippen LogP contribution is 2.46. The Kier molecular flexibility index (Phi) is 7.64. The molecule has 0 aliphatic carbocycles. The first kappa shape index (κ1) is 32.2. The third-order valence-electron chi connectivity index (χ3n) is 10.6. The standard InChI is InChI=1S/C51H31N3OS/c1-2-12-33(13-3-1)44-31-45(54-51(53-44)36-15-10-14-35(30-36)43-20-8-9-29-52-43)34-25-23-32(24-26-34)37-27-28-39(49-48(37)42-17-4-6-21-46(42)55-49)41-19-11-18-40-38-16-5-7-22-47(38)56-50(40)41/h1-31H. The number of nitrogens with zero attached hydrogens (tertiary/aromatic N) is 3. The van der Waals surface area contributed by atoms with Crippen molar-refractivity contribution >= 4 is 53.4 Å². The van der Waals surface area contributed by atoms with Crippen LogP contribution in [0.4, 0.5) is 0 Å². The minimum absolute atomic E-state index is 0.666. The summed E-state index contributed by atoms with van der Waals surface area (Å²) in [6, 6.07) is 63.5. The number of fused-ring (bicyclic) bond motifs is 6. The summed E-state index contributed by atoms with van der Waals surface area (Å²) in [6.07, 6.45) is 1.82. The van der Waals surface area contributed by atoms with E-state index in [1.54, 1.807) is 0 Å². The molecule has 0 saturated heterocycles. The Morgan fingerprint density at radius 1 is 0.411 bits per heavy atom. The number of benzene rings is 7. The van der Waals surface area contributed by atoms with E-state index in [2.05, 4.69) is 138 Å². The average Bonchev–Trinajstić information content (AvgIpc) is 3.86. The highest BCUT2D eigenvalue weighted by molar-refractivity contribution is 7.26. The molecule has 56 heavy (non-hydrogen) atoms. The largest absolute Gasteiger partial charge is 0.455 e. The summed E-state index contributed by atoms with van der Waals surface area (Å²) in [6.45, 7) is 0. The molecular formula is C51H31N3OS. The first-order chi connectivity index (χ1) is 27.7. The van der Waals surface area contributed by atoms with E-state index >= 15 is 0 Å². The molecule has 0 spiro atoms. The third-order valence-corrected chi connectivity index (χ3v) is 11.8. The number of para-hydroxylation sites is 1. The quantitative estimate of drug-likeness (QED) is 0.171. The van der Waals surface area contributed by atoms with Crippen LogP contribution in [0.3, 0.4) is 0 Å². The summed E-state index contributed by atoms with van der Waals surface area (Å²) in [5.74, 6) is 0.666. The van der Waals surface area contributed by atoms with Gasteiger partial charge in [-0.15, -0.1) is 11.3 Å². The Balaban J connectivity index is 1.04. The number of rotatable bonds is 6. The van der Waals surface area contributed by atoms with Gasteiger partial charge in [0.15, 0.2) is 5.82 Å². The lowest BCUT2D eigenvalue weighted by molar-refractivity contribution is 0.670. The molecule has 0 amide bonds. The SMILES string of the molecule is c1ccc(-c2cc(-c3ccc(-c4ccc(-c5cccc6c5sc5ccccc56)c5oc6ccccc6c45)cc3)nc(-c3cccc(-c4ccccn4)c3)n2)cc1. The van der Waals surface area contributed by atoms with Crippen molar-refractivity contribution in [2.24, 2.45) is 0 Å². The molecule has 262 valence electrons. The fourth-order valence-electron chi connectivity index (χ4n) is 7.89. The molecule has 7 aromatic carbocycles. The first-order valence-corrected chi connectivity index (χ1v) is 19.5. The van der Waals surface area contributed by atoms with Crippen LogP contribution < -0.4 is 0 Å². The van der Waals surface area contributed by atoms with Gasteiger partial charge in [-0.3, -0.25) is 4.98 Å². The molecule has 4 heterocycles. The molecule has 0 fully saturated rings. The topological polar surface area (TPSA) is 51.8 Å². The molecule has 4 aromatic heterocycles. The fraction of sp³-hybridized carbons (Fsp3) is 0. The lowest BCUT2D eigenvalue weighted by Crippen LogP contribution is -1.96. The van der Waals surface area contributed by atoms with E-state index in [9.17, 15) is 0 Å². The van der Waals surface area contributed by atoms with Gasteiger partial charge in [-0.1, -0.05) is 140 Å².